The van der Waals surface area contributed by atoms with Gasteiger partial charge in [-0.2, -0.15) is 0 Å². The van der Waals surface area contributed by atoms with Gasteiger partial charge in [-0.25, -0.2) is 0 Å². The first-order valence-electron chi connectivity index (χ1n) is 4.99. The largest absolute Gasteiger partial charge is 0.378 e. The molecule has 82 valence electrons. The third-order valence-corrected chi connectivity index (χ3v) is 4.28. The van der Waals surface area contributed by atoms with Gasteiger partial charge in [0.05, 0.1) is 16.5 Å². The maximum Gasteiger partial charge on any atom is 0.169 e. The number of ether oxygens (including phenoxy) is 1. The molecule has 0 N–H and O–H groups in total. The number of ketones is 1. The van der Waals surface area contributed by atoms with E-state index in [1.807, 2.05) is 19.9 Å². The third kappa shape index (κ3) is 2.32. The Labute approximate surface area is 102 Å². The molecule has 2 unspecified atom stereocenters. The lowest BCUT2D eigenvalue weighted by molar-refractivity contribution is 0.0877. The molecule has 1 fully saturated rings. The molecule has 2 heterocycles. The van der Waals surface area contributed by atoms with E-state index < -0.39 is 0 Å². The molecule has 0 amide bonds. The number of halogens is 1. The summed E-state index contributed by atoms with van der Waals surface area (Å²) in [5.41, 5.74) is 0.856. The first-order valence-corrected chi connectivity index (χ1v) is 6.60. The van der Waals surface area contributed by atoms with Crippen LogP contribution in [0.1, 0.15) is 28.6 Å². The summed E-state index contributed by atoms with van der Waals surface area (Å²) < 4.78 is 6.45. The van der Waals surface area contributed by atoms with Gasteiger partial charge in [0.2, 0.25) is 0 Å². The maximum atomic E-state index is 12.1. The minimum Gasteiger partial charge on any atom is -0.378 e. The summed E-state index contributed by atoms with van der Waals surface area (Å²) in [6.45, 7) is 4.58. The van der Waals surface area contributed by atoms with Crippen molar-refractivity contribution < 1.29 is 9.53 Å². The van der Waals surface area contributed by atoms with Crippen LogP contribution in [0.4, 0.5) is 0 Å². The standard InChI is InChI=1S/C11H13BrO2S/c1-6-3-8(5-14-6)11(13)9-4-10(12)15-7(9)2/h4,6,8H,3,5H2,1-2H3. The summed E-state index contributed by atoms with van der Waals surface area (Å²) in [4.78, 5) is 13.2. The molecule has 0 aromatic carbocycles. The average Bonchev–Trinajstić information content (AvgIpc) is 2.71. The zero-order chi connectivity index (χ0) is 11.0. The zero-order valence-electron chi connectivity index (χ0n) is 8.75. The number of hydrogen-bond acceptors (Lipinski definition) is 3. The summed E-state index contributed by atoms with van der Waals surface area (Å²) in [6, 6.07) is 1.92. The predicted molar refractivity (Wildman–Crippen MR) is 64.6 cm³/mol. The van der Waals surface area contributed by atoms with Crippen molar-refractivity contribution in [2.75, 3.05) is 6.61 Å². The Hall–Kier alpha value is -0.190. The Morgan fingerprint density at radius 3 is 2.87 bits per heavy atom. The van der Waals surface area contributed by atoms with Gasteiger partial charge in [0, 0.05) is 16.4 Å². The number of carbonyl (C=O) groups is 1. The molecule has 15 heavy (non-hydrogen) atoms. The lowest BCUT2D eigenvalue weighted by Gasteiger charge is -2.05. The van der Waals surface area contributed by atoms with Crippen molar-refractivity contribution in [3.8, 4) is 0 Å². The van der Waals surface area contributed by atoms with Crippen LogP contribution in [-0.2, 0) is 4.74 Å². The maximum absolute atomic E-state index is 12.1. The highest BCUT2D eigenvalue weighted by atomic mass is 79.9. The van der Waals surface area contributed by atoms with Crippen molar-refractivity contribution in [1.82, 2.24) is 0 Å². The first-order chi connectivity index (χ1) is 7.08. The van der Waals surface area contributed by atoms with Crippen LogP contribution in [0.25, 0.3) is 0 Å². The summed E-state index contributed by atoms with van der Waals surface area (Å²) in [5, 5.41) is 0. The van der Waals surface area contributed by atoms with Crippen molar-refractivity contribution in [1.29, 1.82) is 0 Å². The third-order valence-electron chi connectivity index (χ3n) is 2.72. The van der Waals surface area contributed by atoms with Crippen LogP contribution in [0.5, 0.6) is 0 Å². The van der Waals surface area contributed by atoms with Crippen LogP contribution < -0.4 is 0 Å². The molecule has 0 spiro atoms. The lowest BCUT2D eigenvalue weighted by atomic mass is 9.96. The van der Waals surface area contributed by atoms with Crippen molar-refractivity contribution in [2.45, 2.75) is 26.4 Å². The second-order valence-corrected chi connectivity index (χ2v) is 6.60. The molecule has 2 atom stereocenters. The van der Waals surface area contributed by atoms with E-state index in [4.69, 9.17) is 4.74 Å². The zero-order valence-corrected chi connectivity index (χ0v) is 11.2. The number of carbonyl (C=O) groups excluding carboxylic acids is 1. The summed E-state index contributed by atoms with van der Waals surface area (Å²) in [6.07, 6.45) is 1.08. The van der Waals surface area contributed by atoms with Crippen LogP contribution in [0.3, 0.4) is 0 Å². The Kier molecular flexibility index (Phi) is 3.28. The fourth-order valence-corrected chi connectivity index (χ4v) is 3.61. The molecule has 0 radical (unpaired) electrons. The molecular weight excluding hydrogens is 276 g/mol. The van der Waals surface area contributed by atoms with Crippen molar-refractivity contribution in [3.05, 3.63) is 20.3 Å². The monoisotopic (exact) mass is 288 g/mol. The van der Waals surface area contributed by atoms with Crippen LogP contribution in [0, 0.1) is 12.8 Å². The summed E-state index contributed by atoms with van der Waals surface area (Å²) in [5.74, 6) is 0.291. The minimum absolute atomic E-state index is 0.0557. The average molecular weight is 289 g/mol. The SMILES string of the molecule is Cc1sc(Br)cc1C(=O)C1COC(C)C1. The molecular formula is C11H13BrO2S. The molecule has 2 nitrogen and oxygen atoms in total. The molecule has 1 aromatic rings. The normalized spacial score (nSPS) is 25.8. The summed E-state index contributed by atoms with van der Waals surface area (Å²) in [7, 11) is 0. The van der Waals surface area contributed by atoms with Gasteiger partial charge in [0.1, 0.15) is 0 Å². The fraction of sp³-hybridized carbons (Fsp3) is 0.545. The highest BCUT2D eigenvalue weighted by Crippen LogP contribution is 2.31. The molecule has 0 bridgehead atoms. The topological polar surface area (TPSA) is 26.3 Å². The van der Waals surface area contributed by atoms with Crippen molar-refractivity contribution in [3.63, 3.8) is 0 Å². The molecule has 1 aliphatic heterocycles. The van der Waals surface area contributed by atoms with E-state index in [1.54, 1.807) is 11.3 Å². The summed E-state index contributed by atoms with van der Waals surface area (Å²) >= 11 is 5.02. The van der Waals surface area contributed by atoms with Crippen LogP contribution in [0.2, 0.25) is 0 Å². The molecule has 1 aromatic heterocycles. The van der Waals surface area contributed by atoms with Crippen molar-refractivity contribution in [2.24, 2.45) is 5.92 Å². The van der Waals surface area contributed by atoms with Gasteiger partial charge in [-0.05, 0) is 42.3 Å². The number of aryl methyl sites for hydroxylation is 1. The van der Waals surface area contributed by atoms with Crippen LogP contribution in [-0.4, -0.2) is 18.5 Å². The molecule has 4 heteroatoms. The Bertz CT molecular complexity index is 386. The van der Waals surface area contributed by atoms with E-state index in [-0.39, 0.29) is 17.8 Å². The minimum atomic E-state index is 0.0557. The number of Topliss-reactive ketones (excluding diaryl/α,β-unsaturated/α-hetero) is 1. The molecule has 1 aliphatic rings. The van der Waals surface area contributed by atoms with E-state index in [2.05, 4.69) is 15.9 Å². The second-order valence-electron chi connectivity index (χ2n) is 3.96. The molecule has 2 rings (SSSR count). The second kappa shape index (κ2) is 4.36. The van der Waals surface area contributed by atoms with Crippen LogP contribution in [0.15, 0.2) is 9.85 Å². The van der Waals surface area contributed by atoms with E-state index in [0.717, 1.165) is 20.6 Å². The van der Waals surface area contributed by atoms with Gasteiger partial charge in [0.25, 0.3) is 0 Å². The van der Waals surface area contributed by atoms with Gasteiger partial charge < -0.3 is 4.74 Å². The molecule has 0 saturated carbocycles. The highest BCUT2D eigenvalue weighted by molar-refractivity contribution is 9.11. The Balaban J connectivity index is 2.17. The Morgan fingerprint density at radius 1 is 1.67 bits per heavy atom. The van der Waals surface area contributed by atoms with Gasteiger partial charge in [-0.1, -0.05) is 0 Å². The van der Waals surface area contributed by atoms with E-state index in [9.17, 15) is 4.79 Å². The van der Waals surface area contributed by atoms with E-state index in [1.165, 1.54) is 0 Å². The van der Waals surface area contributed by atoms with E-state index in [0.29, 0.717) is 6.61 Å². The smallest absolute Gasteiger partial charge is 0.169 e. The number of hydrogen-bond donors (Lipinski definition) is 0. The van der Waals surface area contributed by atoms with Gasteiger partial charge in [-0.3, -0.25) is 4.79 Å². The van der Waals surface area contributed by atoms with Gasteiger partial charge in [-0.15, -0.1) is 11.3 Å². The quantitative estimate of drug-likeness (QED) is 0.780. The van der Waals surface area contributed by atoms with Gasteiger partial charge in [0.15, 0.2) is 5.78 Å². The fourth-order valence-electron chi connectivity index (χ4n) is 1.91. The first kappa shape index (κ1) is 11.3. The number of rotatable bonds is 2. The lowest BCUT2D eigenvalue weighted by Crippen LogP contribution is -2.14. The van der Waals surface area contributed by atoms with Crippen molar-refractivity contribution >= 4 is 33.0 Å². The predicted octanol–water partition coefficient (Wildman–Crippen LogP) is 3.43. The highest BCUT2D eigenvalue weighted by Gasteiger charge is 2.30. The van der Waals surface area contributed by atoms with Crippen LogP contribution >= 0.6 is 27.3 Å². The molecule has 0 aliphatic carbocycles. The molecule has 1 saturated heterocycles. The Morgan fingerprint density at radius 2 is 2.40 bits per heavy atom. The van der Waals surface area contributed by atoms with E-state index >= 15 is 0 Å². The number of thiophene rings is 1. The van der Waals surface area contributed by atoms with Gasteiger partial charge >= 0.3 is 0 Å².